The lowest BCUT2D eigenvalue weighted by molar-refractivity contribution is 0.552. The molecule has 0 saturated carbocycles. The van der Waals surface area contributed by atoms with Crippen LogP contribution in [0.4, 0.5) is 5.82 Å². The molecule has 1 rings (SSSR count). The van der Waals surface area contributed by atoms with Gasteiger partial charge in [-0.15, -0.1) is 0 Å². The zero-order valence-corrected chi connectivity index (χ0v) is 12.0. The maximum atomic E-state index is 4.39. The van der Waals surface area contributed by atoms with Crippen LogP contribution in [-0.2, 0) is 6.54 Å². The van der Waals surface area contributed by atoms with Gasteiger partial charge in [-0.2, -0.15) is 0 Å². The SMILES string of the molecule is C=C(C)CN(C)c1cc(CNCC(C)C)ccn1. The maximum Gasteiger partial charge on any atom is 0.128 e. The second-order valence-corrected chi connectivity index (χ2v) is 5.36. The predicted molar refractivity (Wildman–Crippen MR) is 78.9 cm³/mol. The van der Waals surface area contributed by atoms with Crippen molar-refractivity contribution in [3.63, 3.8) is 0 Å². The molecule has 0 fully saturated rings. The van der Waals surface area contributed by atoms with Gasteiger partial charge < -0.3 is 10.2 Å². The minimum absolute atomic E-state index is 0.678. The van der Waals surface area contributed by atoms with Gasteiger partial charge in [0.25, 0.3) is 0 Å². The Morgan fingerprint density at radius 3 is 2.83 bits per heavy atom. The molecule has 3 heteroatoms. The molecule has 0 amide bonds. The molecule has 3 nitrogen and oxygen atoms in total. The van der Waals surface area contributed by atoms with Crippen LogP contribution in [-0.4, -0.2) is 25.1 Å². The summed E-state index contributed by atoms with van der Waals surface area (Å²) in [5, 5.41) is 3.44. The Bertz CT molecular complexity index is 385. The number of pyridine rings is 1. The third kappa shape index (κ3) is 5.32. The average molecular weight is 247 g/mol. The topological polar surface area (TPSA) is 28.2 Å². The van der Waals surface area contributed by atoms with E-state index < -0.39 is 0 Å². The van der Waals surface area contributed by atoms with Gasteiger partial charge in [0.2, 0.25) is 0 Å². The van der Waals surface area contributed by atoms with Gasteiger partial charge in [-0.25, -0.2) is 4.98 Å². The first-order valence-corrected chi connectivity index (χ1v) is 6.50. The summed E-state index contributed by atoms with van der Waals surface area (Å²) in [5.41, 5.74) is 2.41. The van der Waals surface area contributed by atoms with Gasteiger partial charge in [-0.05, 0) is 37.1 Å². The van der Waals surface area contributed by atoms with Gasteiger partial charge in [-0.3, -0.25) is 0 Å². The molecule has 0 aliphatic heterocycles. The first-order chi connectivity index (χ1) is 8.49. The zero-order valence-electron chi connectivity index (χ0n) is 12.0. The molecule has 0 aliphatic rings. The number of likely N-dealkylation sites (N-methyl/N-ethyl adjacent to an activating group) is 1. The van der Waals surface area contributed by atoms with Crippen molar-refractivity contribution in [1.82, 2.24) is 10.3 Å². The number of hydrogen-bond donors (Lipinski definition) is 1. The number of nitrogens with one attached hydrogen (secondary N) is 1. The highest BCUT2D eigenvalue weighted by Gasteiger charge is 2.03. The van der Waals surface area contributed by atoms with Crippen LogP contribution in [0.1, 0.15) is 26.3 Å². The third-order valence-electron chi connectivity index (χ3n) is 2.59. The van der Waals surface area contributed by atoms with Gasteiger partial charge in [0, 0.05) is 26.3 Å². The molecule has 0 aliphatic carbocycles. The lowest BCUT2D eigenvalue weighted by Gasteiger charge is -2.18. The Balaban J connectivity index is 2.58. The first kappa shape index (κ1) is 14.7. The molecule has 1 aromatic heterocycles. The maximum absolute atomic E-state index is 4.39. The van der Waals surface area contributed by atoms with Crippen molar-refractivity contribution in [3.8, 4) is 0 Å². The second kappa shape index (κ2) is 7.17. The van der Waals surface area contributed by atoms with E-state index >= 15 is 0 Å². The van der Waals surface area contributed by atoms with E-state index in [9.17, 15) is 0 Å². The van der Waals surface area contributed by atoms with Crippen LogP contribution in [0.2, 0.25) is 0 Å². The van der Waals surface area contributed by atoms with E-state index in [0.717, 1.165) is 31.0 Å². The lowest BCUT2D eigenvalue weighted by Crippen LogP contribution is -2.21. The van der Waals surface area contributed by atoms with E-state index in [1.165, 1.54) is 5.56 Å². The lowest BCUT2D eigenvalue weighted by atomic mass is 10.2. The van der Waals surface area contributed by atoms with Crippen LogP contribution in [0.25, 0.3) is 0 Å². The van der Waals surface area contributed by atoms with E-state index in [0.29, 0.717) is 5.92 Å². The molecule has 0 saturated heterocycles. The molecular weight excluding hydrogens is 222 g/mol. The average Bonchev–Trinajstić information content (AvgIpc) is 2.28. The highest BCUT2D eigenvalue weighted by molar-refractivity contribution is 5.41. The molecule has 1 N–H and O–H groups in total. The van der Waals surface area contributed by atoms with E-state index in [1.54, 1.807) is 0 Å². The normalized spacial score (nSPS) is 10.7. The number of anilines is 1. The van der Waals surface area contributed by atoms with Crippen molar-refractivity contribution in [3.05, 3.63) is 36.0 Å². The summed E-state index contributed by atoms with van der Waals surface area (Å²) in [7, 11) is 2.04. The molecule has 0 bridgehead atoms. The van der Waals surface area contributed by atoms with Crippen LogP contribution < -0.4 is 10.2 Å². The molecular formula is C15H25N3. The monoisotopic (exact) mass is 247 g/mol. The first-order valence-electron chi connectivity index (χ1n) is 6.50. The minimum atomic E-state index is 0.678. The van der Waals surface area contributed by atoms with Crippen molar-refractivity contribution in [1.29, 1.82) is 0 Å². The molecule has 1 aromatic rings. The molecule has 18 heavy (non-hydrogen) atoms. The van der Waals surface area contributed by atoms with Gasteiger partial charge in [0.15, 0.2) is 0 Å². The number of hydrogen-bond acceptors (Lipinski definition) is 3. The van der Waals surface area contributed by atoms with E-state index in [1.807, 2.05) is 20.2 Å². The summed E-state index contributed by atoms with van der Waals surface area (Å²) in [4.78, 5) is 6.51. The fourth-order valence-corrected chi connectivity index (χ4v) is 1.77. The summed E-state index contributed by atoms with van der Waals surface area (Å²) < 4.78 is 0. The standard InChI is InChI=1S/C15H25N3/c1-12(2)9-16-10-14-6-7-17-15(8-14)18(5)11-13(3)4/h6-8,12,16H,3,9-11H2,1-2,4-5H3. The fourth-order valence-electron chi connectivity index (χ4n) is 1.77. The van der Waals surface area contributed by atoms with E-state index in [-0.39, 0.29) is 0 Å². The summed E-state index contributed by atoms with van der Waals surface area (Å²) in [6.07, 6.45) is 1.87. The van der Waals surface area contributed by atoms with Crippen LogP contribution in [0, 0.1) is 5.92 Å². The van der Waals surface area contributed by atoms with Gasteiger partial charge in [0.05, 0.1) is 0 Å². The predicted octanol–water partition coefficient (Wildman–Crippen LogP) is 2.84. The molecule has 0 radical (unpaired) electrons. The summed E-state index contributed by atoms with van der Waals surface area (Å²) >= 11 is 0. The van der Waals surface area contributed by atoms with Crippen molar-refractivity contribution >= 4 is 5.82 Å². The Morgan fingerprint density at radius 2 is 2.22 bits per heavy atom. The van der Waals surface area contributed by atoms with Crippen molar-refractivity contribution in [2.24, 2.45) is 5.92 Å². The largest absolute Gasteiger partial charge is 0.356 e. The van der Waals surface area contributed by atoms with Crippen LogP contribution in [0.5, 0.6) is 0 Å². The van der Waals surface area contributed by atoms with E-state index in [2.05, 4.69) is 47.8 Å². The third-order valence-corrected chi connectivity index (χ3v) is 2.59. The molecule has 0 unspecified atom stereocenters. The van der Waals surface area contributed by atoms with Gasteiger partial charge in [0.1, 0.15) is 5.82 Å². The van der Waals surface area contributed by atoms with Gasteiger partial charge in [-0.1, -0.05) is 26.0 Å². The van der Waals surface area contributed by atoms with Gasteiger partial charge >= 0.3 is 0 Å². The minimum Gasteiger partial charge on any atom is -0.356 e. The summed E-state index contributed by atoms with van der Waals surface area (Å²) in [5.74, 6) is 1.68. The molecule has 0 atom stereocenters. The second-order valence-electron chi connectivity index (χ2n) is 5.36. The van der Waals surface area contributed by atoms with Crippen molar-refractivity contribution < 1.29 is 0 Å². The molecule has 0 aromatic carbocycles. The highest BCUT2D eigenvalue weighted by Crippen LogP contribution is 2.12. The highest BCUT2D eigenvalue weighted by atomic mass is 15.2. The van der Waals surface area contributed by atoms with E-state index in [4.69, 9.17) is 0 Å². The van der Waals surface area contributed by atoms with Crippen molar-refractivity contribution in [2.75, 3.05) is 25.0 Å². The Kier molecular flexibility index (Phi) is 5.86. The smallest absolute Gasteiger partial charge is 0.128 e. The summed E-state index contributed by atoms with van der Waals surface area (Å²) in [6, 6.07) is 4.20. The number of nitrogens with zero attached hydrogens (tertiary/aromatic N) is 2. The quantitative estimate of drug-likeness (QED) is 0.751. The molecule has 100 valence electrons. The molecule has 1 heterocycles. The molecule has 0 spiro atoms. The number of aromatic nitrogens is 1. The zero-order chi connectivity index (χ0) is 13.5. The Labute approximate surface area is 111 Å². The number of rotatable bonds is 7. The Morgan fingerprint density at radius 1 is 1.50 bits per heavy atom. The fraction of sp³-hybridized carbons (Fsp3) is 0.533. The van der Waals surface area contributed by atoms with Crippen LogP contribution >= 0.6 is 0 Å². The van der Waals surface area contributed by atoms with Crippen molar-refractivity contribution in [2.45, 2.75) is 27.3 Å². The summed E-state index contributed by atoms with van der Waals surface area (Å²) in [6.45, 7) is 13.2. The van der Waals surface area contributed by atoms with Crippen LogP contribution in [0.15, 0.2) is 30.5 Å². The Hall–Kier alpha value is -1.35. The van der Waals surface area contributed by atoms with Crippen LogP contribution in [0.3, 0.4) is 0 Å².